The summed E-state index contributed by atoms with van der Waals surface area (Å²) in [6.45, 7) is 10.8. The lowest BCUT2D eigenvalue weighted by Crippen LogP contribution is -2.49. The van der Waals surface area contributed by atoms with Gasteiger partial charge < -0.3 is 22.8 Å². The van der Waals surface area contributed by atoms with Gasteiger partial charge >= 0.3 is 8.80 Å². The predicted molar refractivity (Wildman–Crippen MR) is 74.7 cm³/mol. The fourth-order valence-electron chi connectivity index (χ4n) is 1.71. The van der Waals surface area contributed by atoms with E-state index in [0.29, 0.717) is 26.4 Å². The van der Waals surface area contributed by atoms with Gasteiger partial charge in [-0.2, -0.15) is 0 Å². The summed E-state index contributed by atoms with van der Waals surface area (Å²) < 4.78 is 28.5. The first-order chi connectivity index (χ1) is 9.22. The van der Waals surface area contributed by atoms with E-state index in [1.165, 1.54) is 0 Å². The molecule has 112 valence electrons. The summed E-state index contributed by atoms with van der Waals surface area (Å²) in [6.07, 6.45) is 3.05. The molecule has 1 unspecified atom stereocenters. The van der Waals surface area contributed by atoms with Crippen LogP contribution < -0.4 is 0 Å². The summed E-state index contributed by atoms with van der Waals surface area (Å²) in [5.74, 6) is 0. The van der Waals surface area contributed by atoms with Crippen molar-refractivity contribution in [1.29, 1.82) is 0 Å². The molecule has 1 saturated heterocycles. The van der Waals surface area contributed by atoms with Crippen LogP contribution in [0.2, 0.25) is 0 Å². The maximum absolute atomic E-state index is 5.85. The third-order valence-electron chi connectivity index (χ3n) is 2.52. The molecule has 0 saturated carbocycles. The van der Waals surface area contributed by atoms with Crippen molar-refractivity contribution in [3.8, 4) is 0 Å². The van der Waals surface area contributed by atoms with Crippen molar-refractivity contribution in [3.05, 3.63) is 11.5 Å². The summed E-state index contributed by atoms with van der Waals surface area (Å²) in [4.78, 5) is 0. The van der Waals surface area contributed by atoms with Crippen molar-refractivity contribution < 1.29 is 22.8 Å². The van der Waals surface area contributed by atoms with Crippen LogP contribution in [-0.4, -0.2) is 47.9 Å². The molecule has 1 aliphatic rings. The van der Waals surface area contributed by atoms with Gasteiger partial charge in [0.1, 0.15) is 12.7 Å². The molecule has 19 heavy (non-hydrogen) atoms. The van der Waals surface area contributed by atoms with Crippen LogP contribution in [-0.2, 0) is 22.8 Å². The number of epoxide rings is 1. The Morgan fingerprint density at radius 2 is 1.63 bits per heavy atom. The van der Waals surface area contributed by atoms with Gasteiger partial charge in [0.25, 0.3) is 0 Å². The van der Waals surface area contributed by atoms with Crippen LogP contribution in [0.1, 0.15) is 34.1 Å². The van der Waals surface area contributed by atoms with E-state index < -0.39 is 8.80 Å². The molecule has 0 radical (unpaired) electrons. The summed E-state index contributed by atoms with van der Waals surface area (Å²) in [5, 5.41) is 0.719. The van der Waals surface area contributed by atoms with Crippen molar-refractivity contribution in [2.75, 3.05) is 33.0 Å². The SMILES string of the molecule is CCC=C(OCC1CO1)[Si](OCC)(OCC)OCC. The second-order valence-electron chi connectivity index (χ2n) is 4.10. The molecular formula is C13H26O5Si. The quantitative estimate of drug-likeness (QED) is 0.332. The number of hydrogen-bond acceptors (Lipinski definition) is 5. The lowest BCUT2D eigenvalue weighted by Gasteiger charge is -2.30. The first-order valence-corrected chi connectivity index (χ1v) is 8.81. The van der Waals surface area contributed by atoms with E-state index >= 15 is 0 Å². The molecule has 0 aromatic rings. The zero-order valence-electron chi connectivity index (χ0n) is 12.4. The van der Waals surface area contributed by atoms with Crippen LogP contribution in [0.3, 0.4) is 0 Å². The topological polar surface area (TPSA) is 49.5 Å². The lowest BCUT2D eigenvalue weighted by atomic mass is 10.5. The van der Waals surface area contributed by atoms with Crippen LogP contribution in [0.25, 0.3) is 0 Å². The zero-order valence-corrected chi connectivity index (χ0v) is 13.4. The van der Waals surface area contributed by atoms with Gasteiger partial charge in [0.15, 0.2) is 5.38 Å². The van der Waals surface area contributed by atoms with Crippen LogP contribution in [0.15, 0.2) is 11.5 Å². The number of hydrogen-bond donors (Lipinski definition) is 0. The van der Waals surface area contributed by atoms with Crippen LogP contribution in [0.4, 0.5) is 0 Å². The van der Waals surface area contributed by atoms with E-state index in [4.69, 9.17) is 22.8 Å². The van der Waals surface area contributed by atoms with Gasteiger partial charge in [0.05, 0.1) is 6.61 Å². The second kappa shape index (κ2) is 8.71. The minimum absolute atomic E-state index is 0.205. The van der Waals surface area contributed by atoms with Gasteiger partial charge in [0.2, 0.25) is 0 Å². The molecule has 0 aromatic carbocycles. The normalized spacial score (nSPS) is 19.6. The summed E-state index contributed by atoms with van der Waals surface area (Å²) in [5.41, 5.74) is 0. The Labute approximate surface area is 117 Å². The molecule has 0 bridgehead atoms. The highest BCUT2D eigenvalue weighted by atomic mass is 28.4. The highest BCUT2D eigenvalue weighted by Crippen LogP contribution is 2.24. The first kappa shape index (κ1) is 16.7. The van der Waals surface area contributed by atoms with Gasteiger partial charge in [-0.1, -0.05) is 6.92 Å². The van der Waals surface area contributed by atoms with Gasteiger partial charge in [-0.15, -0.1) is 0 Å². The molecule has 1 heterocycles. The molecule has 1 rings (SSSR count). The van der Waals surface area contributed by atoms with Crippen molar-refractivity contribution in [3.63, 3.8) is 0 Å². The van der Waals surface area contributed by atoms with Crippen molar-refractivity contribution in [2.45, 2.75) is 40.2 Å². The van der Waals surface area contributed by atoms with E-state index in [2.05, 4.69) is 6.92 Å². The molecule has 0 amide bonds. The second-order valence-corrected chi connectivity index (χ2v) is 6.57. The smallest absolute Gasteiger partial charge is 0.492 e. The Hall–Kier alpha value is -0.403. The van der Waals surface area contributed by atoms with Gasteiger partial charge in [-0.25, -0.2) is 0 Å². The first-order valence-electron chi connectivity index (χ1n) is 7.09. The maximum Gasteiger partial charge on any atom is 0.573 e. The van der Waals surface area contributed by atoms with Gasteiger partial charge in [-0.3, -0.25) is 0 Å². The lowest BCUT2D eigenvalue weighted by molar-refractivity contribution is 0.0542. The molecule has 6 heteroatoms. The predicted octanol–water partition coefficient (Wildman–Crippen LogP) is 2.28. The molecule has 0 aromatic heterocycles. The largest absolute Gasteiger partial charge is 0.573 e. The highest BCUT2D eigenvalue weighted by molar-refractivity contribution is 6.68. The third-order valence-corrected chi connectivity index (χ3v) is 5.48. The van der Waals surface area contributed by atoms with Crippen molar-refractivity contribution in [1.82, 2.24) is 0 Å². The fraction of sp³-hybridized carbons (Fsp3) is 0.846. The fourth-order valence-corrected chi connectivity index (χ4v) is 4.24. The summed E-state index contributed by atoms with van der Waals surface area (Å²) >= 11 is 0. The summed E-state index contributed by atoms with van der Waals surface area (Å²) in [6, 6.07) is 0. The van der Waals surface area contributed by atoms with E-state index in [1.807, 2.05) is 26.8 Å². The highest BCUT2D eigenvalue weighted by Gasteiger charge is 2.48. The standard InChI is InChI=1S/C13H26O5Si/c1-5-9-13(15-11-12-10-14-12)19(16-6-2,17-7-3)18-8-4/h9,12H,5-8,10-11H2,1-4H3. The van der Waals surface area contributed by atoms with E-state index in [9.17, 15) is 0 Å². The van der Waals surface area contributed by atoms with Gasteiger partial charge in [-0.05, 0) is 33.3 Å². The Morgan fingerprint density at radius 3 is 2.00 bits per heavy atom. The van der Waals surface area contributed by atoms with Gasteiger partial charge in [0, 0.05) is 19.8 Å². The number of ether oxygens (including phenoxy) is 2. The van der Waals surface area contributed by atoms with Crippen LogP contribution >= 0.6 is 0 Å². The molecule has 0 spiro atoms. The Morgan fingerprint density at radius 1 is 1.11 bits per heavy atom. The van der Waals surface area contributed by atoms with Crippen LogP contribution in [0.5, 0.6) is 0 Å². The van der Waals surface area contributed by atoms with Crippen LogP contribution in [0, 0.1) is 0 Å². The maximum atomic E-state index is 5.85. The zero-order chi connectivity index (χ0) is 14.1. The molecule has 5 nitrogen and oxygen atoms in total. The average molecular weight is 290 g/mol. The molecule has 1 atom stereocenters. The molecule has 1 fully saturated rings. The minimum Gasteiger partial charge on any atom is -0.492 e. The van der Waals surface area contributed by atoms with E-state index in [0.717, 1.165) is 18.4 Å². The third kappa shape index (κ3) is 5.23. The molecule has 1 aliphatic heterocycles. The minimum atomic E-state index is -2.90. The van der Waals surface area contributed by atoms with Crippen molar-refractivity contribution >= 4 is 8.80 Å². The molecule has 0 N–H and O–H groups in total. The average Bonchev–Trinajstić information content (AvgIpc) is 3.19. The van der Waals surface area contributed by atoms with Crippen molar-refractivity contribution in [2.24, 2.45) is 0 Å². The monoisotopic (exact) mass is 290 g/mol. The van der Waals surface area contributed by atoms with E-state index in [1.54, 1.807) is 0 Å². The number of allylic oxidation sites excluding steroid dienone is 1. The Balaban J connectivity index is 2.81. The molecule has 0 aliphatic carbocycles. The Bertz CT molecular complexity index is 261. The molecular weight excluding hydrogens is 264 g/mol. The number of rotatable bonds is 11. The van der Waals surface area contributed by atoms with E-state index in [-0.39, 0.29) is 6.10 Å². The Kier molecular flexibility index (Phi) is 7.63. The summed E-state index contributed by atoms with van der Waals surface area (Å²) in [7, 11) is -2.90.